The van der Waals surface area contributed by atoms with Crippen LogP contribution in [0.3, 0.4) is 0 Å². The number of aliphatic carboxylic acids is 1. The Bertz CT molecular complexity index is 520. The number of ether oxygens (including phenoxy) is 1. The number of carboxylic acids is 1. The van der Waals surface area contributed by atoms with Crippen molar-refractivity contribution in [2.24, 2.45) is 0 Å². The molecule has 0 spiro atoms. The van der Waals surface area contributed by atoms with E-state index in [0.717, 1.165) is 12.1 Å². The zero-order valence-corrected chi connectivity index (χ0v) is 11.9. The standard InChI is InChI=1S/C14H17F2NO4/c1-14(2,3)21-13(20)17-11(12(18)19)6-8-4-9(15)7-10(16)5-8/h4-5,7,11H,6H2,1-3H3,(H,17,20)(H,18,19). The van der Waals surface area contributed by atoms with Gasteiger partial charge in [-0.15, -0.1) is 0 Å². The molecule has 21 heavy (non-hydrogen) atoms. The van der Waals surface area contributed by atoms with Gasteiger partial charge in [0.25, 0.3) is 0 Å². The summed E-state index contributed by atoms with van der Waals surface area (Å²) in [5, 5.41) is 11.2. The molecule has 0 saturated heterocycles. The molecular weight excluding hydrogens is 284 g/mol. The van der Waals surface area contributed by atoms with E-state index >= 15 is 0 Å². The Labute approximate surface area is 120 Å². The minimum atomic E-state index is -1.35. The van der Waals surface area contributed by atoms with Gasteiger partial charge in [-0.3, -0.25) is 0 Å². The fourth-order valence-electron chi connectivity index (χ4n) is 1.61. The summed E-state index contributed by atoms with van der Waals surface area (Å²) in [4.78, 5) is 22.7. The molecule has 0 aromatic heterocycles. The van der Waals surface area contributed by atoms with Crippen LogP contribution in [0.1, 0.15) is 26.3 Å². The summed E-state index contributed by atoms with van der Waals surface area (Å²) >= 11 is 0. The Balaban J connectivity index is 2.78. The van der Waals surface area contributed by atoms with Gasteiger partial charge in [0.05, 0.1) is 0 Å². The smallest absolute Gasteiger partial charge is 0.408 e. The van der Waals surface area contributed by atoms with E-state index in [9.17, 15) is 18.4 Å². The molecule has 0 aliphatic carbocycles. The predicted molar refractivity (Wildman–Crippen MR) is 70.9 cm³/mol. The highest BCUT2D eigenvalue weighted by molar-refractivity contribution is 5.80. The predicted octanol–water partition coefficient (Wildman–Crippen LogP) is 2.49. The lowest BCUT2D eigenvalue weighted by Gasteiger charge is -2.22. The van der Waals surface area contributed by atoms with Crippen molar-refractivity contribution in [1.82, 2.24) is 5.32 Å². The normalized spacial score (nSPS) is 12.6. The second kappa shape index (κ2) is 6.51. The van der Waals surface area contributed by atoms with Gasteiger partial charge in [0.2, 0.25) is 0 Å². The highest BCUT2D eigenvalue weighted by Gasteiger charge is 2.24. The molecule has 0 aliphatic rings. The van der Waals surface area contributed by atoms with Gasteiger partial charge in [0.1, 0.15) is 23.3 Å². The van der Waals surface area contributed by atoms with Crippen molar-refractivity contribution in [3.63, 3.8) is 0 Å². The summed E-state index contributed by atoms with van der Waals surface area (Å²) in [5.74, 6) is -2.96. The number of carbonyl (C=O) groups excluding carboxylic acids is 1. The van der Waals surface area contributed by atoms with E-state index in [0.29, 0.717) is 6.07 Å². The SMILES string of the molecule is CC(C)(C)OC(=O)NC(Cc1cc(F)cc(F)c1)C(=O)O. The maximum atomic E-state index is 13.1. The average Bonchev–Trinajstić information content (AvgIpc) is 2.23. The maximum Gasteiger partial charge on any atom is 0.408 e. The highest BCUT2D eigenvalue weighted by atomic mass is 19.1. The van der Waals surface area contributed by atoms with Crippen LogP contribution in [0.2, 0.25) is 0 Å². The fraction of sp³-hybridized carbons (Fsp3) is 0.429. The summed E-state index contributed by atoms with van der Waals surface area (Å²) in [6, 6.07) is 1.35. The number of benzene rings is 1. The lowest BCUT2D eigenvalue weighted by Crippen LogP contribution is -2.44. The minimum Gasteiger partial charge on any atom is -0.480 e. The molecule has 1 rings (SSSR count). The molecule has 5 nitrogen and oxygen atoms in total. The Hall–Kier alpha value is -2.18. The summed E-state index contributed by atoms with van der Waals surface area (Å²) < 4.78 is 31.1. The Morgan fingerprint density at radius 1 is 1.24 bits per heavy atom. The number of hydrogen-bond donors (Lipinski definition) is 2. The topological polar surface area (TPSA) is 75.6 Å². The van der Waals surface area contributed by atoms with Crippen molar-refractivity contribution in [3.05, 3.63) is 35.4 Å². The first-order valence-electron chi connectivity index (χ1n) is 6.24. The summed E-state index contributed by atoms with van der Waals surface area (Å²) in [6.07, 6.45) is -1.17. The van der Waals surface area contributed by atoms with Crippen molar-refractivity contribution in [1.29, 1.82) is 0 Å². The van der Waals surface area contributed by atoms with Crippen LogP contribution in [-0.2, 0) is 16.0 Å². The third-order valence-corrected chi connectivity index (χ3v) is 2.35. The van der Waals surface area contributed by atoms with Crippen LogP contribution in [0.25, 0.3) is 0 Å². The van der Waals surface area contributed by atoms with Gasteiger partial charge in [-0.05, 0) is 38.5 Å². The largest absolute Gasteiger partial charge is 0.480 e. The molecule has 2 N–H and O–H groups in total. The van der Waals surface area contributed by atoms with Gasteiger partial charge in [-0.1, -0.05) is 0 Å². The number of nitrogens with one attached hydrogen (secondary N) is 1. The van der Waals surface area contributed by atoms with Crippen LogP contribution in [0.5, 0.6) is 0 Å². The number of amides is 1. The highest BCUT2D eigenvalue weighted by Crippen LogP contribution is 2.11. The third-order valence-electron chi connectivity index (χ3n) is 2.35. The first-order chi connectivity index (χ1) is 9.56. The van der Waals surface area contributed by atoms with Crippen molar-refractivity contribution < 1.29 is 28.2 Å². The second-order valence-electron chi connectivity index (χ2n) is 5.52. The number of hydrogen-bond acceptors (Lipinski definition) is 3. The molecule has 116 valence electrons. The van der Waals surface area contributed by atoms with Gasteiger partial charge < -0.3 is 15.2 Å². The van der Waals surface area contributed by atoms with Gasteiger partial charge in [-0.2, -0.15) is 0 Å². The van der Waals surface area contributed by atoms with E-state index in [-0.39, 0.29) is 12.0 Å². The van der Waals surface area contributed by atoms with Crippen LogP contribution in [0.4, 0.5) is 13.6 Å². The molecule has 7 heteroatoms. The molecular formula is C14H17F2NO4. The number of rotatable bonds is 4. The number of carboxylic acid groups (broad SMARTS) is 1. The lowest BCUT2D eigenvalue weighted by molar-refractivity contribution is -0.139. The molecule has 1 unspecified atom stereocenters. The van der Waals surface area contributed by atoms with E-state index < -0.39 is 35.3 Å². The van der Waals surface area contributed by atoms with Gasteiger partial charge in [0.15, 0.2) is 0 Å². The fourth-order valence-corrected chi connectivity index (χ4v) is 1.61. The summed E-state index contributed by atoms with van der Waals surface area (Å²) in [7, 11) is 0. The quantitative estimate of drug-likeness (QED) is 0.896. The molecule has 0 bridgehead atoms. The molecule has 0 radical (unpaired) electrons. The molecule has 1 amide bonds. The summed E-state index contributed by atoms with van der Waals surface area (Å²) in [5.41, 5.74) is -0.658. The third kappa shape index (κ3) is 6.20. The maximum absolute atomic E-state index is 13.1. The molecule has 0 heterocycles. The second-order valence-corrected chi connectivity index (χ2v) is 5.52. The molecule has 0 saturated carbocycles. The Morgan fingerprint density at radius 3 is 2.19 bits per heavy atom. The van der Waals surface area contributed by atoms with Gasteiger partial charge in [0, 0.05) is 12.5 Å². The molecule has 1 aromatic carbocycles. The first-order valence-corrected chi connectivity index (χ1v) is 6.24. The zero-order chi connectivity index (χ0) is 16.2. The number of carbonyl (C=O) groups is 2. The average molecular weight is 301 g/mol. The Kier molecular flexibility index (Phi) is 5.23. The monoisotopic (exact) mass is 301 g/mol. The van der Waals surface area contributed by atoms with Crippen molar-refractivity contribution in [3.8, 4) is 0 Å². The Morgan fingerprint density at radius 2 is 1.76 bits per heavy atom. The van der Waals surface area contributed by atoms with E-state index in [1.807, 2.05) is 0 Å². The van der Waals surface area contributed by atoms with E-state index in [2.05, 4.69) is 5.32 Å². The van der Waals surface area contributed by atoms with Crippen molar-refractivity contribution >= 4 is 12.1 Å². The van der Waals surface area contributed by atoms with Crippen LogP contribution < -0.4 is 5.32 Å². The van der Waals surface area contributed by atoms with E-state index in [1.165, 1.54) is 0 Å². The van der Waals surface area contributed by atoms with Crippen LogP contribution in [0, 0.1) is 11.6 Å². The van der Waals surface area contributed by atoms with Gasteiger partial charge in [-0.25, -0.2) is 18.4 Å². The van der Waals surface area contributed by atoms with E-state index in [4.69, 9.17) is 9.84 Å². The van der Waals surface area contributed by atoms with Crippen LogP contribution in [-0.4, -0.2) is 28.8 Å². The first kappa shape index (κ1) is 16.9. The van der Waals surface area contributed by atoms with Gasteiger partial charge >= 0.3 is 12.1 Å². The lowest BCUT2D eigenvalue weighted by atomic mass is 10.1. The molecule has 1 atom stereocenters. The van der Waals surface area contributed by atoms with Crippen molar-refractivity contribution in [2.45, 2.75) is 38.8 Å². The molecule has 0 aliphatic heterocycles. The van der Waals surface area contributed by atoms with E-state index in [1.54, 1.807) is 20.8 Å². The molecule has 1 aromatic rings. The summed E-state index contributed by atoms with van der Waals surface area (Å²) in [6.45, 7) is 4.89. The molecule has 0 fully saturated rings. The zero-order valence-electron chi connectivity index (χ0n) is 11.9. The van der Waals surface area contributed by atoms with Crippen LogP contribution >= 0.6 is 0 Å². The van der Waals surface area contributed by atoms with Crippen molar-refractivity contribution in [2.75, 3.05) is 0 Å². The minimum absolute atomic E-state index is 0.121. The van der Waals surface area contributed by atoms with Crippen LogP contribution in [0.15, 0.2) is 18.2 Å². The number of alkyl carbamates (subject to hydrolysis) is 1. The number of halogens is 2.